The van der Waals surface area contributed by atoms with Crippen LogP contribution in [0.4, 0.5) is 0 Å². The first-order valence-electron chi connectivity index (χ1n) is 6.86. The van der Waals surface area contributed by atoms with Crippen molar-refractivity contribution in [2.24, 2.45) is 0 Å². The fourth-order valence-electron chi connectivity index (χ4n) is 2.76. The zero-order valence-corrected chi connectivity index (χ0v) is 12.1. The highest BCUT2D eigenvalue weighted by Crippen LogP contribution is 2.30. The van der Waals surface area contributed by atoms with Crippen molar-refractivity contribution in [1.29, 1.82) is 0 Å². The van der Waals surface area contributed by atoms with Crippen LogP contribution in [0.3, 0.4) is 0 Å². The highest BCUT2D eigenvalue weighted by molar-refractivity contribution is 5.97. The summed E-state index contributed by atoms with van der Waals surface area (Å²) in [5, 5.41) is 10.3. The van der Waals surface area contributed by atoms with Crippen molar-refractivity contribution < 1.29 is 9.90 Å². The van der Waals surface area contributed by atoms with E-state index in [0.717, 1.165) is 30.3 Å². The van der Waals surface area contributed by atoms with Crippen LogP contribution in [0.15, 0.2) is 12.1 Å². The van der Waals surface area contributed by atoms with Gasteiger partial charge in [-0.2, -0.15) is 0 Å². The van der Waals surface area contributed by atoms with E-state index in [1.54, 1.807) is 0 Å². The molecule has 2 rings (SSSR count). The summed E-state index contributed by atoms with van der Waals surface area (Å²) in [6.07, 6.45) is 1.93. The summed E-state index contributed by atoms with van der Waals surface area (Å²) in [6.45, 7) is 9.42. The lowest BCUT2D eigenvalue weighted by atomic mass is 10.0. The number of carboxylic acids is 1. The van der Waals surface area contributed by atoms with Crippen molar-refractivity contribution in [3.05, 3.63) is 34.5 Å². The number of carboxylic acid groups (broad SMARTS) is 1. The van der Waals surface area contributed by atoms with Gasteiger partial charge in [0.2, 0.25) is 0 Å². The number of hydrogen-bond acceptors (Lipinski definition) is 1. The van der Waals surface area contributed by atoms with E-state index in [2.05, 4.69) is 32.3 Å². The van der Waals surface area contributed by atoms with Gasteiger partial charge in [0.05, 0.1) is 11.1 Å². The lowest BCUT2D eigenvalue weighted by Crippen LogP contribution is -2.03. The number of aromatic nitrogens is 1. The molecule has 0 aliphatic heterocycles. The summed E-state index contributed by atoms with van der Waals surface area (Å²) >= 11 is 0. The van der Waals surface area contributed by atoms with E-state index < -0.39 is 5.97 Å². The van der Waals surface area contributed by atoms with Crippen LogP contribution in [0, 0.1) is 13.8 Å². The lowest BCUT2D eigenvalue weighted by molar-refractivity contribution is 0.0697. The average Bonchev–Trinajstić information content (AvgIpc) is 2.63. The van der Waals surface area contributed by atoms with Crippen LogP contribution in [-0.2, 0) is 13.0 Å². The van der Waals surface area contributed by atoms with Gasteiger partial charge in [-0.25, -0.2) is 4.79 Å². The number of rotatable bonds is 4. The van der Waals surface area contributed by atoms with Gasteiger partial charge in [0.1, 0.15) is 0 Å². The molecule has 3 nitrogen and oxygen atoms in total. The van der Waals surface area contributed by atoms with Crippen LogP contribution in [0.1, 0.15) is 47.4 Å². The molecule has 0 radical (unpaired) electrons. The first-order valence-corrected chi connectivity index (χ1v) is 6.86. The zero-order chi connectivity index (χ0) is 14.2. The van der Waals surface area contributed by atoms with E-state index in [-0.39, 0.29) is 0 Å². The van der Waals surface area contributed by atoms with Gasteiger partial charge in [0.25, 0.3) is 0 Å². The molecule has 102 valence electrons. The third kappa shape index (κ3) is 2.14. The van der Waals surface area contributed by atoms with Gasteiger partial charge in [-0.3, -0.25) is 0 Å². The zero-order valence-electron chi connectivity index (χ0n) is 12.1. The summed E-state index contributed by atoms with van der Waals surface area (Å²) in [6, 6.07) is 3.63. The van der Waals surface area contributed by atoms with Crippen molar-refractivity contribution in [2.75, 3.05) is 0 Å². The van der Waals surface area contributed by atoms with Crippen LogP contribution in [-0.4, -0.2) is 15.6 Å². The molecule has 0 unspecified atom stereocenters. The molecule has 19 heavy (non-hydrogen) atoms. The maximum Gasteiger partial charge on any atom is 0.335 e. The molecule has 0 aliphatic carbocycles. The summed E-state index contributed by atoms with van der Waals surface area (Å²) in [4.78, 5) is 11.2. The monoisotopic (exact) mass is 259 g/mol. The van der Waals surface area contributed by atoms with E-state index in [9.17, 15) is 9.90 Å². The first kappa shape index (κ1) is 13.7. The van der Waals surface area contributed by atoms with Gasteiger partial charge >= 0.3 is 5.97 Å². The number of fused-ring (bicyclic) bond motifs is 1. The Balaban J connectivity index is 2.85. The molecule has 0 saturated carbocycles. The minimum absolute atomic E-state index is 0.390. The predicted molar refractivity (Wildman–Crippen MR) is 78.0 cm³/mol. The third-order valence-corrected chi connectivity index (χ3v) is 3.89. The van der Waals surface area contributed by atoms with E-state index in [0.29, 0.717) is 5.56 Å². The van der Waals surface area contributed by atoms with E-state index in [4.69, 9.17) is 0 Å². The number of nitrogens with zero attached hydrogens (tertiary/aromatic N) is 1. The van der Waals surface area contributed by atoms with Crippen molar-refractivity contribution >= 4 is 16.9 Å². The number of aromatic carboxylic acids is 1. The Bertz CT molecular complexity index is 638. The fraction of sp³-hybridized carbons (Fsp3) is 0.438. The summed E-state index contributed by atoms with van der Waals surface area (Å²) in [7, 11) is 0. The lowest BCUT2D eigenvalue weighted by Gasteiger charge is -2.10. The van der Waals surface area contributed by atoms with Gasteiger partial charge in [-0.15, -0.1) is 0 Å². The second kappa shape index (κ2) is 5.08. The van der Waals surface area contributed by atoms with Crippen molar-refractivity contribution in [1.82, 2.24) is 4.57 Å². The van der Waals surface area contributed by atoms with E-state index in [1.165, 1.54) is 16.8 Å². The van der Waals surface area contributed by atoms with Gasteiger partial charge < -0.3 is 9.67 Å². The molecule has 1 aromatic heterocycles. The van der Waals surface area contributed by atoms with Crippen molar-refractivity contribution in [2.45, 2.75) is 47.1 Å². The van der Waals surface area contributed by atoms with E-state index >= 15 is 0 Å². The summed E-state index contributed by atoms with van der Waals surface area (Å²) in [5.41, 5.74) is 5.17. The number of benzene rings is 1. The topological polar surface area (TPSA) is 42.2 Å². The maximum atomic E-state index is 11.2. The molecule has 1 N–H and O–H groups in total. The first-order chi connectivity index (χ1) is 9.01. The third-order valence-electron chi connectivity index (χ3n) is 3.89. The fourth-order valence-corrected chi connectivity index (χ4v) is 2.76. The molecule has 0 atom stereocenters. The SMILES string of the molecule is CCCn1c(C)c(C)c2cc(C(=O)O)cc(CC)c21. The quantitative estimate of drug-likeness (QED) is 0.904. The Hall–Kier alpha value is -1.77. The molecule has 0 saturated heterocycles. The molecule has 0 aliphatic rings. The normalized spacial score (nSPS) is 11.2. The number of aryl methyl sites for hydroxylation is 3. The van der Waals surface area contributed by atoms with Gasteiger partial charge in [-0.1, -0.05) is 13.8 Å². The van der Waals surface area contributed by atoms with Crippen molar-refractivity contribution in [3.8, 4) is 0 Å². The second-order valence-corrected chi connectivity index (χ2v) is 5.05. The predicted octanol–water partition coefficient (Wildman–Crippen LogP) is 3.93. The summed E-state index contributed by atoms with van der Waals surface area (Å²) in [5.74, 6) is -0.850. The number of hydrogen-bond donors (Lipinski definition) is 1. The molecule has 0 bridgehead atoms. The molecule has 0 amide bonds. The van der Waals surface area contributed by atoms with Gasteiger partial charge in [-0.05, 0) is 49.9 Å². The molecule has 0 fully saturated rings. The molecular formula is C16H21NO2. The molecule has 2 aromatic rings. The van der Waals surface area contributed by atoms with Gasteiger partial charge in [0.15, 0.2) is 0 Å². The Morgan fingerprint density at radius 1 is 1.26 bits per heavy atom. The Kier molecular flexibility index (Phi) is 3.65. The molecule has 3 heteroatoms. The van der Waals surface area contributed by atoms with Gasteiger partial charge in [0, 0.05) is 17.6 Å². The Morgan fingerprint density at radius 2 is 1.95 bits per heavy atom. The molecule has 1 heterocycles. The smallest absolute Gasteiger partial charge is 0.335 e. The maximum absolute atomic E-state index is 11.2. The standard InChI is InChI=1S/C16H21NO2/c1-5-7-17-11(4)10(3)14-9-13(16(18)19)8-12(6-2)15(14)17/h8-9H,5-7H2,1-4H3,(H,18,19). The number of carbonyl (C=O) groups is 1. The minimum atomic E-state index is -0.850. The molecule has 0 spiro atoms. The molecular weight excluding hydrogens is 238 g/mol. The van der Waals surface area contributed by atoms with Crippen LogP contribution in [0.25, 0.3) is 10.9 Å². The molecule has 1 aromatic carbocycles. The van der Waals surface area contributed by atoms with Crippen LogP contribution in [0.2, 0.25) is 0 Å². The Morgan fingerprint density at radius 3 is 2.47 bits per heavy atom. The largest absolute Gasteiger partial charge is 0.478 e. The van der Waals surface area contributed by atoms with Crippen molar-refractivity contribution in [3.63, 3.8) is 0 Å². The average molecular weight is 259 g/mol. The minimum Gasteiger partial charge on any atom is -0.478 e. The van der Waals surface area contributed by atoms with E-state index in [1.807, 2.05) is 12.1 Å². The highest BCUT2D eigenvalue weighted by Gasteiger charge is 2.16. The second-order valence-electron chi connectivity index (χ2n) is 5.05. The summed E-state index contributed by atoms with van der Waals surface area (Å²) < 4.78 is 2.33. The Labute approximate surface area is 113 Å². The van der Waals surface area contributed by atoms with Crippen LogP contribution in [0.5, 0.6) is 0 Å². The van der Waals surface area contributed by atoms with Crippen LogP contribution >= 0.6 is 0 Å². The highest BCUT2D eigenvalue weighted by atomic mass is 16.4. The van der Waals surface area contributed by atoms with Crippen LogP contribution < -0.4 is 0 Å².